The lowest BCUT2D eigenvalue weighted by Crippen LogP contribution is -2.47. The molecule has 0 bridgehead atoms. The Morgan fingerprint density at radius 1 is 0.964 bits per heavy atom. The predicted molar refractivity (Wildman–Crippen MR) is 115 cm³/mol. The maximum Gasteiger partial charge on any atom is 0.234 e. The Hall–Kier alpha value is -2.25. The predicted octanol–water partition coefficient (Wildman–Crippen LogP) is 2.67. The van der Waals surface area contributed by atoms with Crippen LogP contribution in [0.2, 0.25) is 0 Å². The Kier molecular flexibility index (Phi) is 6.80. The molecule has 3 rings (SSSR count). The van der Waals surface area contributed by atoms with Crippen LogP contribution >= 0.6 is 0 Å². The fraction of sp³-hybridized carbons (Fsp3) is 0.429. The van der Waals surface area contributed by atoms with Crippen LogP contribution in [0.5, 0.6) is 5.75 Å². The molecule has 1 aliphatic rings. The smallest absolute Gasteiger partial charge is 0.234 e. The van der Waals surface area contributed by atoms with Crippen LogP contribution in [0.4, 0.5) is 11.4 Å². The summed E-state index contributed by atoms with van der Waals surface area (Å²) in [4.78, 5) is 4.67. The molecule has 0 unspecified atom stereocenters. The summed E-state index contributed by atoms with van der Waals surface area (Å²) in [5, 5.41) is 0. The Morgan fingerprint density at radius 3 is 2.29 bits per heavy atom. The minimum Gasteiger partial charge on any atom is -0.495 e. The third kappa shape index (κ3) is 4.97. The van der Waals surface area contributed by atoms with E-state index in [-0.39, 0.29) is 5.75 Å². The first-order chi connectivity index (χ1) is 13.5. The molecule has 1 saturated heterocycles. The molecule has 1 aliphatic heterocycles. The maximum absolute atomic E-state index is 12.6. The van der Waals surface area contributed by atoms with Gasteiger partial charge in [-0.3, -0.25) is 9.21 Å². The lowest BCUT2D eigenvalue weighted by atomic mass is 10.2. The molecule has 28 heavy (non-hydrogen) atoms. The molecule has 1 fully saturated rings. The van der Waals surface area contributed by atoms with Gasteiger partial charge in [-0.25, -0.2) is 8.42 Å². The number of hydrogen-bond acceptors (Lipinski definition) is 5. The van der Waals surface area contributed by atoms with Crippen molar-refractivity contribution >= 4 is 21.4 Å². The first-order valence-electron chi connectivity index (χ1n) is 9.63. The molecule has 0 amide bonds. The molecule has 1 heterocycles. The highest BCUT2D eigenvalue weighted by molar-refractivity contribution is 7.92. The zero-order valence-corrected chi connectivity index (χ0v) is 17.4. The van der Waals surface area contributed by atoms with E-state index in [9.17, 15) is 8.42 Å². The molecule has 0 atom stereocenters. The first-order valence-corrected chi connectivity index (χ1v) is 11.2. The molecule has 2 aromatic carbocycles. The second-order valence-electron chi connectivity index (χ2n) is 6.97. The standard InChI is InChI=1S/C21H29N3O3S/c1-22(19-9-4-3-5-10-19)28(25,26)18-8-13-23-14-16-24(17-15-23)20-11-6-7-12-21(20)27-2/h3-7,9-12H,8,13-18H2,1-2H3. The summed E-state index contributed by atoms with van der Waals surface area (Å²) in [5.41, 5.74) is 1.82. The molecule has 152 valence electrons. The zero-order valence-electron chi connectivity index (χ0n) is 16.6. The van der Waals surface area contributed by atoms with Crippen molar-refractivity contribution in [2.24, 2.45) is 0 Å². The number of rotatable bonds is 8. The van der Waals surface area contributed by atoms with Gasteiger partial charge in [0.15, 0.2) is 0 Å². The summed E-state index contributed by atoms with van der Waals surface area (Å²) >= 11 is 0. The van der Waals surface area contributed by atoms with E-state index >= 15 is 0 Å². The van der Waals surface area contributed by atoms with Crippen molar-refractivity contribution < 1.29 is 13.2 Å². The number of hydrogen-bond donors (Lipinski definition) is 0. The van der Waals surface area contributed by atoms with Crippen LogP contribution in [0, 0.1) is 0 Å². The van der Waals surface area contributed by atoms with E-state index in [4.69, 9.17) is 4.74 Å². The van der Waals surface area contributed by atoms with Gasteiger partial charge in [0.25, 0.3) is 0 Å². The number of ether oxygens (including phenoxy) is 1. The van der Waals surface area contributed by atoms with E-state index in [1.54, 1.807) is 14.2 Å². The third-order valence-corrected chi connectivity index (χ3v) is 7.06. The molecule has 2 aromatic rings. The first kappa shape index (κ1) is 20.5. The highest BCUT2D eigenvalue weighted by Gasteiger charge is 2.21. The van der Waals surface area contributed by atoms with Crippen LogP contribution in [0.3, 0.4) is 0 Å². The summed E-state index contributed by atoms with van der Waals surface area (Å²) in [6.45, 7) is 4.47. The van der Waals surface area contributed by atoms with Crippen LogP contribution < -0.4 is 13.9 Å². The minimum absolute atomic E-state index is 0.158. The number of piperazine rings is 1. The van der Waals surface area contributed by atoms with Crippen molar-refractivity contribution in [1.82, 2.24) is 4.90 Å². The second kappa shape index (κ2) is 9.30. The van der Waals surface area contributed by atoms with Gasteiger partial charge in [0.2, 0.25) is 10.0 Å². The molecule has 6 nitrogen and oxygen atoms in total. The minimum atomic E-state index is -3.30. The SMILES string of the molecule is COc1ccccc1N1CCN(CCCS(=O)(=O)N(C)c2ccccc2)CC1. The van der Waals surface area contributed by atoms with Crippen LogP contribution in [0.1, 0.15) is 6.42 Å². The maximum atomic E-state index is 12.6. The second-order valence-corrected chi connectivity index (χ2v) is 9.09. The van der Waals surface area contributed by atoms with Gasteiger partial charge in [0.05, 0.1) is 24.2 Å². The molecular formula is C21H29N3O3S. The Labute approximate surface area is 168 Å². The van der Waals surface area contributed by atoms with Crippen LogP contribution in [0.15, 0.2) is 54.6 Å². The van der Waals surface area contributed by atoms with Gasteiger partial charge in [-0.1, -0.05) is 30.3 Å². The summed E-state index contributed by atoms with van der Waals surface area (Å²) in [7, 11) is 0.0209. The molecule has 0 aromatic heterocycles. The van der Waals surface area contributed by atoms with E-state index in [0.29, 0.717) is 12.1 Å². The molecule has 0 radical (unpaired) electrons. The zero-order chi connectivity index (χ0) is 20.0. The van der Waals surface area contributed by atoms with Crippen molar-refractivity contribution in [3.8, 4) is 5.75 Å². The van der Waals surface area contributed by atoms with Gasteiger partial charge >= 0.3 is 0 Å². The van der Waals surface area contributed by atoms with Gasteiger partial charge in [0, 0.05) is 33.2 Å². The highest BCUT2D eigenvalue weighted by Crippen LogP contribution is 2.28. The van der Waals surface area contributed by atoms with E-state index in [1.807, 2.05) is 48.5 Å². The van der Waals surface area contributed by atoms with Gasteiger partial charge in [-0.05, 0) is 37.2 Å². The quantitative estimate of drug-likeness (QED) is 0.678. The largest absolute Gasteiger partial charge is 0.495 e. The molecule has 7 heteroatoms. The van der Waals surface area contributed by atoms with Gasteiger partial charge in [-0.15, -0.1) is 0 Å². The normalized spacial score (nSPS) is 15.4. The number of methoxy groups -OCH3 is 1. The van der Waals surface area contributed by atoms with Crippen molar-refractivity contribution in [3.63, 3.8) is 0 Å². The average molecular weight is 404 g/mol. The molecule has 0 spiro atoms. The third-order valence-electron chi connectivity index (χ3n) is 5.21. The van der Waals surface area contributed by atoms with Crippen molar-refractivity contribution in [2.45, 2.75) is 6.42 Å². The van der Waals surface area contributed by atoms with E-state index in [0.717, 1.165) is 44.2 Å². The molecular weight excluding hydrogens is 374 g/mol. The Bertz CT molecular complexity index is 850. The molecule has 0 saturated carbocycles. The average Bonchev–Trinajstić information content (AvgIpc) is 2.74. The van der Waals surface area contributed by atoms with Gasteiger partial charge in [0.1, 0.15) is 5.75 Å². The molecule has 0 N–H and O–H groups in total. The van der Waals surface area contributed by atoms with E-state index in [1.165, 1.54) is 4.31 Å². The Balaban J connectivity index is 1.47. The number of sulfonamides is 1. The molecule has 0 aliphatic carbocycles. The fourth-order valence-corrected chi connectivity index (χ4v) is 4.72. The Morgan fingerprint density at radius 2 is 1.61 bits per heavy atom. The van der Waals surface area contributed by atoms with Crippen LogP contribution in [-0.2, 0) is 10.0 Å². The highest BCUT2D eigenvalue weighted by atomic mass is 32.2. The number of benzene rings is 2. The van der Waals surface area contributed by atoms with Crippen molar-refractivity contribution in [1.29, 1.82) is 0 Å². The topological polar surface area (TPSA) is 53.1 Å². The summed E-state index contributed by atoms with van der Waals surface area (Å²) in [6.07, 6.45) is 0.633. The van der Waals surface area contributed by atoms with Crippen molar-refractivity contribution in [2.75, 3.05) is 61.8 Å². The van der Waals surface area contributed by atoms with Crippen LogP contribution in [0.25, 0.3) is 0 Å². The lowest BCUT2D eigenvalue weighted by Gasteiger charge is -2.36. The van der Waals surface area contributed by atoms with Gasteiger partial charge in [-0.2, -0.15) is 0 Å². The fourth-order valence-electron chi connectivity index (χ4n) is 3.51. The van der Waals surface area contributed by atoms with Gasteiger partial charge < -0.3 is 9.64 Å². The summed E-state index contributed by atoms with van der Waals surface area (Å²) in [5.74, 6) is 1.05. The lowest BCUT2D eigenvalue weighted by molar-refractivity contribution is 0.258. The monoisotopic (exact) mass is 403 g/mol. The summed E-state index contributed by atoms with van der Waals surface area (Å²) in [6, 6.07) is 17.3. The number of para-hydroxylation sites is 3. The summed E-state index contributed by atoms with van der Waals surface area (Å²) < 4.78 is 32.0. The number of nitrogens with zero attached hydrogens (tertiary/aromatic N) is 3. The van der Waals surface area contributed by atoms with E-state index < -0.39 is 10.0 Å². The van der Waals surface area contributed by atoms with Crippen LogP contribution in [-0.4, -0.2) is 66.0 Å². The van der Waals surface area contributed by atoms with Crippen molar-refractivity contribution in [3.05, 3.63) is 54.6 Å². The number of anilines is 2. The van der Waals surface area contributed by atoms with E-state index in [2.05, 4.69) is 15.9 Å².